The second-order valence-corrected chi connectivity index (χ2v) is 11.4. The molecule has 0 aromatic rings. The Labute approximate surface area is 233 Å². The minimum Gasteiger partial charge on any atom is -0.463 e. The van der Waals surface area contributed by atoms with Crippen LogP contribution >= 0.6 is 0 Å². The average molecular weight is 525 g/mol. The van der Waals surface area contributed by atoms with Gasteiger partial charge in [-0.2, -0.15) is 0 Å². The summed E-state index contributed by atoms with van der Waals surface area (Å²) in [5.41, 5.74) is 0. The van der Waals surface area contributed by atoms with E-state index >= 15 is 0 Å². The summed E-state index contributed by atoms with van der Waals surface area (Å²) in [6, 6.07) is 0. The molecule has 0 saturated carbocycles. The molecule has 0 aliphatic carbocycles. The van der Waals surface area contributed by atoms with E-state index in [0.29, 0.717) is 19.6 Å². The van der Waals surface area contributed by atoms with E-state index < -0.39 is 0 Å². The van der Waals surface area contributed by atoms with Gasteiger partial charge in [0.25, 0.3) is 0 Å². The molecule has 37 heavy (non-hydrogen) atoms. The fraction of sp³-hybridized carbons (Fsp3) is 0.971. The second-order valence-electron chi connectivity index (χ2n) is 11.4. The molecule has 222 valence electrons. The standard InChI is InChI=1S/C34H68O3/c1-3-5-7-9-11-12-13-14-15-16-17-18-19-20-21-22-23-25-27-29-31-36-32-33-37-34(35)30-28-26-24-10-8-6-4-2/h3-33H2,1-2H3. The number of hydrogen-bond donors (Lipinski definition) is 0. The Balaban J connectivity index is 3.10. The molecule has 0 aromatic heterocycles. The van der Waals surface area contributed by atoms with Crippen LogP contribution in [0.25, 0.3) is 0 Å². The van der Waals surface area contributed by atoms with Gasteiger partial charge in [-0.1, -0.05) is 174 Å². The fourth-order valence-electron chi connectivity index (χ4n) is 5.07. The van der Waals surface area contributed by atoms with Crippen molar-refractivity contribution in [1.29, 1.82) is 0 Å². The summed E-state index contributed by atoms with van der Waals surface area (Å²) >= 11 is 0. The molecule has 0 N–H and O–H groups in total. The van der Waals surface area contributed by atoms with Crippen LogP contribution in [0.1, 0.15) is 194 Å². The molecule has 0 fully saturated rings. The highest BCUT2D eigenvalue weighted by molar-refractivity contribution is 5.69. The van der Waals surface area contributed by atoms with Gasteiger partial charge in [0.2, 0.25) is 0 Å². The lowest BCUT2D eigenvalue weighted by molar-refractivity contribution is -0.145. The smallest absolute Gasteiger partial charge is 0.305 e. The molecule has 0 unspecified atom stereocenters. The van der Waals surface area contributed by atoms with Crippen molar-refractivity contribution >= 4 is 5.97 Å². The maximum atomic E-state index is 11.7. The Morgan fingerprint density at radius 1 is 0.378 bits per heavy atom. The SMILES string of the molecule is CCCCCCCCCCCCCCCCCCCCCCOCCOC(=O)CCCCCCCCC. The first-order valence-corrected chi connectivity index (χ1v) is 17.0. The Kier molecular flexibility index (Phi) is 32.9. The van der Waals surface area contributed by atoms with E-state index in [9.17, 15) is 4.79 Å². The largest absolute Gasteiger partial charge is 0.463 e. The molecular weight excluding hydrogens is 456 g/mol. The maximum absolute atomic E-state index is 11.7. The van der Waals surface area contributed by atoms with Gasteiger partial charge in [0, 0.05) is 13.0 Å². The lowest BCUT2D eigenvalue weighted by Gasteiger charge is -2.07. The molecule has 0 bridgehead atoms. The van der Waals surface area contributed by atoms with Crippen molar-refractivity contribution in [3.8, 4) is 0 Å². The van der Waals surface area contributed by atoms with Crippen LogP contribution in [-0.4, -0.2) is 25.8 Å². The quantitative estimate of drug-likeness (QED) is 0.0648. The highest BCUT2D eigenvalue weighted by Gasteiger charge is 2.02. The van der Waals surface area contributed by atoms with Crippen molar-refractivity contribution in [2.24, 2.45) is 0 Å². The third-order valence-electron chi connectivity index (χ3n) is 7.62. The second kappa shape index (κ2) is 33.5. The van der Waals surface area contributed by atoms with Crippen molar-refractivity contribution in [2.45, 2.75) is 194 Å². The van der Waals surface area contributed by atoms with Gasteiger partial charge in [-0.3, -0.25) is 4.79 Å². The van der Waals surface area contributed by atoms with E-state index in [1.54, 1.807) is 0 Å². The molecule has 0 aliphatic rings. The molecule has 0 heterocycles. The summed E-state index contributed by atoms with van der Waals surface area (Å²) in [7, 11) is 0. The van der Waals surface area contributed by atoms with Crippen LogP contribution in [0.2, 0.25) is 0 Å². The van der Waals surface area contributed by atoms with Crippen LogP contribution in [0.4, 0.5) is 0 Å². The third-order valence-corrected chi connectivity index (χ3v) is 7.62. The van der Waals surface area contributed by atoms with Gasteiger partial charge in [-0.25, -0.2) is 0 Å². The van der Waals surface area contributed by atoms with E-state index in [-0.39, 0.29) is 5.97 Å². The van der Waals surface area contributed by atoms with E-state index in [0.717, 1.165) is 25.9 Å². The highest BCUT2D eigenvalue weighted by Crippen LogP contribution is 2.15. The lowest BCUT2D eigenvalue weighted by atomic mass is 10.0. The first kappa shape index (κ1) is 36.4. The topological polar surface area (TPSA) is 35.5 Å². The van der Waals surface area contributed by atoms with Crippen LogP contribution < -0.4 is 0 Å². The first-order chi connectivity index (χ1) is 18.3. The molecule has 0 amide bonds. The molecule has 0 aliphatic heterocycles. The van der Waals surface area contributed by atoms with Crippen molar-refractivity contribution in [2.75, 3.05) is 19.8 Å². The van der Waals surface area contributed by atoms with E-state index in [1.165, 1.54) is 154 Å². The summed E-state index contributed by atoms with van der Waals surface area (Å²) in [6.07, 6.45) is 37.3. The third kappa shape index (κ3) is 33.4. The summed E-state index contributed by atoms with van der Waals surface area (Å²) in [5.74, 6) is -0.0593. The zero-order valence-corrected chi connectivity index (χ0v) is 25.6. The molecule has 0 radical (unpaired) electrons. The van der Waals surface area contributed by atoms with Crippen molar-refractivity contribution in [3.05, 3.63) is 0 Å². The number of rotatable bonds is 32. The predicted octanol–water partition coefficient (Wildman–Crippen LogP) is 11.5. The highest BCUT2D eigenvalue weighted by atomic mass is 16.6. The molecule has 0 rings (SSSR count). The molecule has 3 nitrogen and oxygen atoms in total. The average Bonchev–Trinajstić information content (AvgIpc) is 2.90. The maximum Gasteiger partial charge on any atom is 0.305 e. The molecule has 0 atom stereocenters. The van der Waals surface area contributed by atoms with Crippen molar-refractivity contribution in [1.82, 2.24) is 0 Å². The summed E-state index contributed by atoms with van der Waals surface area (Å²) in [4.78, 5) is 11.7. The number of esters is 1. The van der Waals surface area contributed by atoms with Gasteiger partial charge in [-0.15, -0.1) is 0 Å². The van der Waals surface area contributed by atoms with E-state index in [4.69, 9.17) is 9.47 Å². The Bertz CT molecular complexity index is 423. The number of hydrogen-bond acceptors (Lipinski definition) is 3. The molecular formula is C34H68O3. The Morgan fingerprint density at radius 3 is 1.08 bits per heavy atom. The van der Waals surface area contributed by atoms with Crippen LogP contribution in [-0.2, 0) is 14.3 Å². The first-order valence-electron chi connectivity index (χ1n) is 17.0. The number of unbranched alkanes of at least 4 members (excludes halogenated alkanes) is 25. The zero-order chi connectivity index (χ0) is 26.9. The van der Waals surface area contributed by atoms with Crippen molar-refractivity contribution in [3.63, 3.8) is 0 Å². The van der Waals surface area contributed by atoms with Crippen LogP contribution in [0.15, 0.2) is 0 Å². The van der Waals surface area contributed by atoms with Crippen LogP contribution in [0.3, 0.4) is 0 Å². The molecule has 0 aromatic carbocycles. The minimum atomic E-state index is -0.0593. The van der Waals surface area contributed by atoms with Crippen molar-refractivity contribution < 1.29 is 14.3 Å². The zero-order valence-electron chi connectivity index (χ0n) is 25.6. The molecule has 3 heteroatoms. The van der Waals surface area contributed by atoms with Crippen LogP contribution in [0.5, 0.6) is 0 Å². The predicted molar refractivity (Wildman–Crippen MR) is 162 cm³/mol. The summed E-state index contributed by atoms with van der Waals surface area (Å²) < 4.78 is 10.9. The van der Waals surface area contributed by atoms with Gasteiger partial charge in [0.1, 0.15) is 6.61 Å². The van der Waals surface area contributed by atoms with Gasteiger partial charge >= 0.3 is 5.97 Å². The summed E-state index contributed by atoms with van der Waals surface area (Å²) in [6.45, 7) is 6.29. The minimum absolute atomic E-state index is 0.0593. The number of ether oxygens (including phenoxy) is 2. The van der Waals surface area contributed by atoms with Gasteiger partial charge < -0.3 is 9.47 Å². The monoisotopic (exact) mass is 525 g/mol. The molecule has 0 spiro atoms. The van der Waals surface area contributed by atoms with Crippen LogP contribution in [0, 0.1) is 0 Å². The van der Waals surface area contributed by atoms with E-state index in [1.807, 2.05) is 0 Å². The number of carbonyl (C=O) groups excluding carboxylic acids is 1. The summed E-state index contributed by atoms with van der Waals surface area (Å²) in [5, 5.41) is 0. The number of carbonyl (C=O) groups is 1. The molecule has 0 saturated heterocycles. The van der Waals surface area contributed by atoms with Gasteiger partial charge in [0.15, 0.2) is 0 Å². The lowest BCUT2D eigenvalue weighted by Crippen LogP contribution is -2.10. The Morgan fingerprint density at radius 2 is 0.703 bits per heavy atom. The van der Waals surface area contributed by atoms with Gasteiger partial charge in [-0.05, 0) is 12.8 Å². The Hall–Kier alpha value is -0.570. The van der Waals surface area contributed by atoms with E-state index in [2.05, 4.69) is 13.8 Å². The fourth-order valence-corrected chi connectivity index (χ4v) is 5.07. The normalized spacial score (nSPS) is 11.3. The van der Waals surface area contributed by atoms with Gasteiger partial charge in [0.05, 0.1) is 6.61 Å².